The lowest BCUT2D eigenvalue weighted by molar-refractivity contribution is -0.133. The van der Waals surface area contributed by atoms with Gasteiger partial charge in [-0.15, -0.1) is 0 Å². The van der Waals surface area contributed by atoms with Crippen LogP contribution in [-0.2, 0) is 14.9 Å². The molecular weight excluding hydrogens is 302 g/mol. The maximum atomic E-state index is 13.1. The number of carbonyl (C=O) groups is 1. The molecule has 0 aromatic heterocycles. The van der Waals surface area contributed by atoms with Crippen LogP contribution in [-0.4, -0.2) is 30.3 Å². The maximum Gasteiger partial charge on any atom is 0.226 e. The lowest BCUT2D eigenvalue weighted by Crippen LogP contribution is -2.48. The minimum Gasteiger partial charge on any atom is -0.508 e. The largest absolute Gasteiger partial charge is 0.508 e. The summed E-state index contributed by atoms with van der Waals surface area (Å²) in [6, 6.07) is 7.94. The monoisotopic (exact) mass is 329 g/mol. The van der Waals surface area contributed by atoms with E-state index in [1.807, 2.05) is 12.1 Å². The molecule has 1 aliphatic heterocycles. The Labute approximate surface area is 143 Å². The fourth-order valence-corrected chi connectivity index (χ4v) is 5.19. The van der Waals surface area contributed by atoms with Crippen LogP contribution in [0.4, 0.5) is 0 Å². The molecule has 4 rings (SSSR count). The van der Waals surface area contributed by atoms with Gasteiger partial charge in [0.2, 0.25) is 5.91 Å². The molecule has 2 atom stereocenters. The average Bonchev–Trinajstić information content (AvgIpc) is 2.89. The van der Waals surface area contributed by atoms with Gasteiger partial charge >= 0.3 is 0 Å². The number of nitrogens with one attached hydrogen (secondary N) is 1. The van der Waals surface area contributed by atoms with Gasteiger partial charge in [-0.1, -0.05) is 18.6 Å². The van der Waals surface area contributed by atoms with E-state index in [1.165, 1.54) is 5.56 Å². The predicted molar refractivity (Wildman–Crippen MR) is 91.9 cm³/mol. The van der Waals surface area contributed by atoms with E-state index in [2.05, 4.69) is 5.32 Å². The van der Waals surface area contributed by atoms with Crippen LogP contribution in [0.5, 0.6) is 5.75 Å². The number of phenolic OH excluding ortho intramolecular Hbond substituents is 1. The van der Waals surface area contributed by atoms with Crippen molar-refractivity contribution in [1.29, 1.82) is 0 Å². The van der Waals surface area contributed by atoms with Crippen molar-refractivity contribution in [2.45, 2.75) is 62.8 Å². The van der Waals surface area contributed by atoms with E-state index < -0.39 is 0 Å². The second-order valence-electron chi connectivity index (χ2n) is 8.00. The van der Waals surface area contributed by atoms with Crippen LogP contribution >= 0.6 is 0 Å². The highest BCUT2D eigenvalue weighted by atomic mass is 16.5. The van der Waals surface area contributed by atoms with E-state index in [1.54, 1.807) is 12.1 Å². The van der Waals surface area contributed by atoms with Crippen molar-refractivity contribution >= 4 is 5.91 Å². The number of phenols is 1. The Balaban J connectivity index is 1.52. The number of aromatic hydroxyl groups is 1. The summed E-state index contributed by atoms with van der Waals surface area (Å²) >= 11 is 0. The molecule has 4 heteroatoms. The first-order chi connectivity index (χ1) is 11.6. The SMILES string of the molecule is O=C(NC1CCOCC1)C12CCCC(c3ccc(O)cc3)(CC1)C2. The van der Waals surface area contributed by atoms with Crippen molar-refractivity contribution in [2.75, 3.05) is 13.2 Å². The van der Waals surface area contributed by atoms with E-state index in [9.17, 15) is 9.90 Å². The first kappa shape index (κ1) is 15.9. The lowest BCUT2D eigenvalue weighted by atomic mass is 9.65. The predicted octanol–water partition coefficient (Wildman–Crippen LogP) is 3.28. The van der Waals surface area contributed by atoms with Gasteiger partial charge in [0, 0.05) is 19.3 Å². The van der Waals surface area contributed by atoms with Crippen molar-refractivity contribution < 1.29 is 14.6 Å². The van der Waals surface area contributed by atoms with E-state index in [-0.39, 0.29) is 22.8 Å². The van der Waals surface area contributed by atoms with Gasteiger partial charge in [0.25, 0.3) is 0 Å². The van der Waals surface area contributed by atoms with Gasteiger partial charge < -0.3 is 15.2 Å². The number of carbonyl (C=O) groups excluding carboxylic acids is 1. The second-order valence-corrected chi connectivity index (χ2v) is 8.00. The average molecular weight is 329 g/mol. The standard InChI is InChI=1S/C20H27NO3/c22-17-4-2-15(3-5-17)19-8-1-9-20(14-19,11-10-19)18(23)21-16-6-12-24-13-7-16/h2-5,16,22H,1,6-14H2,(H,21,23). The van der Waals surface area contributed by atoms with Gasteiger partial charge in [-0.25, -0.2) is 0 Å². The molecule has 0 spiro atoms. The van der Waals surface area contributed by atoms with Crippen molar-refractivity contribution in [3.05, 3.63) is 29.8 Å². The van der Waals surface area contributed by atoms with E-state index >= 15 is 0 Å². The molecule has 24 heavy (non-hydrogen) atoms. The molecule has 1 aromatic carbocycles. The molecule has 1 amide bonds. The highest BCUT2D eigenvalue weighted by molar-refractivity contribution is 5.84. The Morgan fingerprint density at radius 2 is 1.83 bits per heavy atom. The smallest absolute Gasteiger partial charge is 0.226 e. The summed E-state index contributed by atoms with van der Waals surface area (Å²) < 4.78 is 5.40. The molecular formula is C20H27NO3. The van der Waals surface area contributed by atoms with Crippen LogP contribution in [0, 0.1) is 5.41 Å². The Morgan fingerprint density at radius 1 is 1.08 bits per heavy atom. The van der Waals surface area contributed by atoms with Crippen LogP contribution in [0.1, 0.15) is 56.9 Å². The molecule has 2 bridgehead atoms. The molecule has 2 unspecified atom stereocenters. The minimum absolute atomic E-state index is 0.124. The third kappa shape index (κ3) is 2.71. The quantitative estimate of drug-likeness (QED) is 0.895. The van der Waals surface area contributed by atoms with Gasteiger partial charge in [0.05, 0.1) is 5.41 Å². The summed E-state index contributed by atoms with van der Waals surface area (Å²) in [6.07, 6.45) is 8.19. The summed E-state index contributed by atoms with van der Waals surface area (Å²) in [5.74, 6) is 0.585. The molecule has 1 aromatic rings. The number of hydrogen-bond donors (Lipinski definition) is 2. The highest BCUT2D eigenvalue weighted by Crippen LogP contribution is 2.59. The number of rotatable bonds is 3. The van der Waals surface area contributed by atoms with Crippen LogP contribution in [0.15, 0.2) is 24.3 Å². The van der Waals surface area contributed by atoms with E-state index in [0.717, 1.165) is 64.6 Å². The first-order valence-corrected chi connectivity index (χ1v) is 9.30. The van der Waals surface area contributed by atoms with Crippen molar-refractivity contribution in [2.24, 2.45) is 5.41 Å². The van der Waals surface area contributed by atoms with Crippen LogP contribution in [0.2, 0.25) is 0 Å². The first-order valence-electron chi connectivity index (χ1n) is 9.30. The van der Waals surface area contributed by atoms with Crippen molar-refractivity contribution in [3.8, 4) is 5.75 Å². The topological polar surface area (TPSA) is 58.6 Å². The molecule has 130 valence electrons. The Morgan fingerprint density at radius 3 is 2.58 bits per heavy atom. The lowest BCUT2D eigenvalue weighted by Gasteiger charge is -2.40. The van der Waals surface area contributed by atoms with Gasteiger partial charge in [-0.2, -0.15) is 0 Å². The fourth-order valence-electron chi connectivity index (χ4n) is 5.19. The van der Waals surface area contributed by atoms with Gasteiger partial charge in [0.1, 0.15) is 5.75 Å². The molecule has 2 saturated carbocycles. The van der Waals surface area contributed by atoms with Crippen LogP contribution < -0.4 is 5.32 Å². The maximum absolute atomic E-state index is 13.1. The van der Waals surface area contributed by atoms with E-state index in [4.69, 9.17) is 4.74 Å². The second kappa shape index (κ2) is 6.07. The third-order valence-electron chi connectivity index (χ3n) is 6.59. The molecule has 4 nitrogen and oxygen atoms in total. The van der Waals surface area contributed by atoms with Gasteiger partial charge in [-0.3, -0.25) is 4.79 Å². The number of ether oxygens (including phenoxy) is 1. The zero-order valence-electron chi connectivity index (χ0n) is 14.2. The number of amides is 1. The summed E-state index contributed by atoms with van der Waals surface area (Å²) in [5.41, 5.74) is 1.23. The number of hydrogen-bond acceptors (Lipinski definition) is 3. The number of benzene rings is 1. The summed E-state index contributed by atoms with van der Waals surface area (Å²) in [5, 5.41) is 12.9. The molecule has 3 fully saturated rings. The highest BCUT2D eigenvalue weighted by Gasteiger charge is 2.55. The van der Waals surface area contributed by atoms with Crippen LogP contribution in [0.25, 0.3) is 0 Å². The molecule has 0 radical (unpaired) electrons. The number of fused-ring (bicyclic) bond motifs is 2. The fraction of sp³-hybridized carbons (Fsp3) is 0.650. The Kier molecular flexibility index (Phi) is 4.03. The van der Waals surface area contributed by atoms with Crippen molar-refractivity contribution in [1.82, 2.24) is 5.32 Å². The minimum atomic E-state index is -0.186. The van der Waals surface area contributed by atoms with Gasteiger partial charge in [-0.05, 0) is 68.1 Å². The Hall–Kier alpha value is -1.55. The van der Waals surface area contributed by atoms with Crippen LogP contribution in [0.3, 0.4) is 0 Å². The molecule has 3 aliphatic rings. The zero-order chi connectivity index (χ0) is 16.6. The van der Waals surface area contributed by atoms with Crippen molar-refractivity contribution in [3.63, 3.8) is 0 Å². The van der Waals surface area contributed by atoms with E-state index in [0.29, 0.717) is 5.75 Å². The van der Waals surface area contributed by atoms with Gasteiger partial charge in [0.15, 0.2) is 0 Å². The third-order valence-corrected chi connectivity index (χ3v) is 6.59. The molecule has 1 heterocycles. The Bertz CT molecular complexity index is 608. The summed E-state index contributed by atoms with van der Waals surface area (Å²) in [4.78, 5) is 13.1. The molecule has 1 saturated heterocycles. The molecule has 2 aliphatic carbocycles. The normalized spacial score (nSPS) is 33.3. The summed E-state index contributed by atoms with van der Waals surface area (Å²) in [7, 11) is 0. The zero-order valence-corrected chi connectivity index (χ0v) is 14.2. The molecule has 2 N–H and O–H groups in total. The summed E-state index contributed by atoms with van der Waals surface area (Å²) in [6.45, 7) is 1.52.